The number of halogens is 1. The molecule has 2 saturated heterocycles. The van der Waals surface area contributed by atoms with E-state index in [4.69, 9.17) is 9.16 Å². The van der Waals surface area contributed by atoms with Gasteiger partial charge in [0.2, 0.25) is 11.8 Å². The first-order valence-electron chi connectivity index (χ1n) is 20.6. The number of phenols is 1. The molecule has 0 radical (unpaired) electrons. The Morgan fingerprint density at radius 3 is 2.23 bits per heavy atom. The van der Waals surface area contributed by atoms with Crippen molar-refractivity contribution in [1.29, 1.82) is 0 Å². The molecule has 0 unspecified atom stereocenters. The van der Waals surface area contributed by atoms with E-state index in [2.05, 4.69) is 74.3 Å². The molecule has 2 aliphatic heterocycles. The average Bonchev–Trinajstić information content (AvgIpc) is 3.76. The minimum absolute atomic E-state index is 0.0242. The van der Waals surface area contributed by atoms with Gasteiger partial charge in [0.1, 0.15) is 0 Å². The number of pyridine rings is 1. The van der Waals surface area contributed by atoms with Crippen molar-refractivity contribution in [2.45, 2.75) is 89.3 Å². The van der Waals surface area contributed by atoms with Gasteiger partial charge in [-0.2, -0.15) is 0 Å². The highest BCUT2D eigenvalue weighted by Gasteiger charge is 2.59. The lowest BCUT2D eigenvalue weighted by Crippen LogP contribution is -2.66. The van der Waals surface area contributed by atoms with E-state index in [9.17, 15) is 19.1 Å². The summed E-state index contributed by atoms with van der Waals surface area (Å²) in [4.78, 5) is 35.2. The third-order valence-corrected chi connectivity index (χ3v) is 17.8. The second kappa shape index (κ2) is 16.3. The number of carbonyl (C=O) groups is 2. The fraction of sp³-hybridized carbons (Fsp3) is 0.396. The number of hydrogen-bond acceptors (Lipinski definition) is 6. The zero-order valence-corrected chi connectivity index (χ0v) is 34.2. The van der Waals surface area contributed by atoms with Gasteiger partial charge in [0.05, 0.1) is 36.8 Å². The molecule has 8 rings (SSSR count). The van der Waals surface area contributed by atoms with Crippen LogP contribution in [0, 0.1) is 23.6 Å². The minimum Gasteiger partial charge on any atom is -0.505 e. The third-order valence-electron chi connectivity index (χ3n) is 12.8. The van der Waals surface area contributed by atoms with Crippen molar-refractivity contribution in [1.82, 2.24) is 9.88 Å². The van der Waals surface area contributed by atoms with Gasteiger partial charge in [0, 0.05) is 18.2 Å². The molecule has 57 heavy (non-hydrogen) atoms. The Kier molecular flexibility index (Phi) is 11.2. The van der Waals surface area contributed by atoms with E-state index >= 15 is 0 Å². The molecule has 2 amide bonds. The largest absolute Gasteiger partial charge is 0.505 e. The number of rotatable bonds is 11. The smallest absolute Gasteiger partial charge is 0.261 e. The summed E-state index contributed by atoms with van der Waals surface area (Å²) in [6.07, 6.45) is 9.96. The maximum absolute atomic E-state index is 14.5. The van der Waals surface area contributed by atoms with Gasteiger partial charge in [-0.15, -0.1) is 0 Å². The third kappa shape index (κ3) is 7.46. The van der Waals surface area contributed by atoms with E-state index in [0.29, 0.717) is 38.0 Å². The van der Waals surface area contributed by atoms with Crippen LogP contribution in [0.2, 0.25) is 5.04 Å². The molecule has 4 atom stereocenters. The molecule has 4 aromatic rings. The van der Waals surface area contributed by atoms with Gasteiger partial charge in [-0.05, 0) is 100 Å². The summed E-state index contributed by atoms with van der Waals surface area (Å²) in [5, 5.41) is 12.0. The Balaban J connectivity index is 1.18. The van der Waals surface area contributed by atoms with Gasteiger partial charge in [-0.1, -0.05) is 113 Å². The van der Waals surface area contributed by atoms with Crippen molar-refractivity contribution >= 4 is 42.2 Å². The first kappa shape index (κ1) is 39.1. The Labute approximate surface area is 336 Å². The van der Waals surface area contributed by atoms with Crippen LogP contribution in [-0.2, 0) is 18.8 Å². The lowest BCUT2D eigenvalue weighted by atomic mass is 9.69. The van der Waals surface area contributed by atoms with Crippen LogP contribution in [0.1, 0.15) is 83.4 Å². The monoisotopic (exact) mass is 784 g/mol. The highest BCUT2D eigenvalue weighted by molar-refractivity contribution is 6.99. The number of nitrogens with zero attached hydrogens (tertiary/aromatic N) is 2. The zero-order chi connectivity index (χ0) is 39.7. The first-order valence-corrected chi connectivity index (χ1v) is 22.5. The Hall–Kier alpha value is -4.70. The number of fused-ring (bicyclic) bond motifs is 3. The van der Waals surface area contributed by atoms with E-state index in [-0.39, 0.29) is 34.9 Å². The molecule has 3 aromatic carbocycles. The van der Waals surface area contributed by atoms with Crippen molar-refractivity contribution in [3.05, 3.63) is 131 Å². The number of imide groups is 1. The highest BCUT2D eigenvalue weighted by atomic mass is 28.4. The van der Waals surface area contributed by atoms with Crippen LogP contribution in [-0.4, -0.2) is 60.5 Å². The predicted octanol–water partition coefficient (Wildman–Crippen LogP) is 8.47. The van der Waals surface area contributed by atoms with Gasteiger partial charge in [0.25, 0.3) is 8.32 Å². The predicted molar refractivity (Wildman–Crippen MR) is 224 cm³/mol. The summed E-state index contributed by atoms with van der Waals surface area (Å²) in [6.45, 7) is 7.51. The summed E-state index contributed by atoms with van der Waals surface area (Å²) in [5.41, 5.74) is 4.48. The Bertz CT molecular complexity index is 2110. The standard InChI is InChI=1S/C48H53FN2O5Si/c1-48(2,3)57(36-17-9-5-10-18-36,37-19-11-6-12-20-37)56-30-34-29-38-45(47(54)51(46(38)53)35-15-7-4-8-16-35)39-31-55-43(44(34)39)25-23-33(41-21-13-14-26-50-41)27-32-22-24-42(52)40(49)28-32/h5-6,9-14,17-22,24,26-28,35,38-39,43,45,52H,4,7-8,15-16,23,25,29-31H2,1-3H3/b33-27-/t38-,39+,43-,45-/m1/s1. The fourth-order valence-corrected chi connectivity index (χ4v) is 14.8. The van der Waals surface area contributed by atoms with Crippen molar-refractivity contribution in [3.63, 3.8) is 0 Å². The first-order chi connectivity index (χ1) is 27.6. The normalized spacial score (nSPS) is 23.2. The average molecular weight is 785 g/mol. The SMILES string of the molecule is CC(C)(C)[Si](OCC1=C2[C@@H](CC/C(=C/c3ccc(O)c(F)c3)c3ccccn3)OC[C@@H]2[C@@H]2C(=O)N(C3CCCCC3)C(=O)[C@@H]2C1)(c1ccccc1)c1ccccc1. The number of amides is 2. The quantitative estimate of drug-likeness (QED) is 0.0933. The molecule has 3 fully saturated rings. The number of ether oxygens (including phenoxy) is 1. The van der Waals surface area contributed by atoms with Crippen molar-refractivity contribution < 1.29 is 28.2 Å². The number of likely N-dealkylation sites (tertiary alicyclic amines) is 1. The number of aromatic nitrogens is 1. The second-order valence-corrected chi connectivity index (χ2v) is 21.6. The highest BCUT2D eigenvalue weighted by Crippen LogP contribution is 2.51. The summed E-state index contributed by atoms with van der Waals surface area (Å²) in [6, 6.07) is 31.3. The van der Waals surface area contributed by atoms with Crippen LogP contribution in [0.25, 0.3) is 11.6 Å². The van der Waals surface area contributed by atoms with Crippen LogP contribution < -0.4 is 10.4 Å². The number of carbonyl (C=O) groups excluding carboxylic acids is 2. The summed E-state index contributed by atoms with van der Waals surface area (Å²) in [7, 11) is -2.94. The number of phenolic OH excluding ortho intramolecular Hbond substituents is 1. The molecule has 296 valence electrons. The maximum atomic E-state index is 14.5. The Morgan fingerprint density at radius 2 is 1.60 bits per heavy atom. The number of hydrogen-bond donors (Lipinski definition) is 1. The summed E-state index contributed by atoms with van der Waals surface area (Å²) >= 11 is 0. The van der Waals surface area contributed by atoms with E-state index in [1.165, 1.54) is 22.5 Å². The number of aromatic hydroxyl groups is 1. The van der Waals surface area contributed by atoms with E-state index < -0.39 is 31.7 Å². The van der Waals surface area contributed by atoms with Crippen molar-refractivity contribution in [3.8, 4) is 5.75 Å². The molecule has 1 N–H and O–H groups in total. The maximum Gasteiger partial charge on any atom is 0.261 e. The minimum atomic E-state index is -2.94. The fourth-order valence-electron chi connectivity index (χ4n) is 10.2. The van der Waals surface area contributed by atoms with Gasteiger partial charge < -0.3 is 14.3 Å². The van der Waals surface area contributed by atoms with E-state index in [1.807, 2.05) is 36.4 Å². The van der Waals surface area contributed by atoms with Crippen LogP contribution in [0.5, 0.6) is 5.75 Å². The number of benzene rings is 3. The molecule has 4 aliphatic rings. The molecule has 1 aromatic heterocycles. The van der Waals surface area contributed by atoms with Gasteiger partial charge in [0.15, 0.2) is 11.6 Å². The molecule has 1 saturated carbocycles. The van der Waals surface area contributed by atoms with Crippen molar-refractivity contribution in [2.75, 3.05) is 13.2 Å². The molecular weight excluding hydrogens is 732 g/mol. The molecule has 0 spiro atoms. The van der Waals surface area contributed by atoms with E-state index in [1.54, 1.807) is 17.2 Å². The molecule has 3 heterocycles. The number of allylic oxidation sites excluding steroid dienone is 1. The second-order valence-electron chi connectivity index (χ2n) is 17.2. The van der Waals surface area contributed by atoms with E-state index in [0.717, 1.165) is 54.5 Å². The summed E-state index contributed by atoms with van der Waals surface area (Å²) in [5.74, 6) is -2.22. The van der Waals surface area contributed by atoms with Crippen LogP contribution in [0.3, 0.4) is 0 Å². The molecular formula is C48H53FN2O5Si. The van der Waals surface area contributed by atoms with Crippen LogP contribution in [0.15, 0.2) is 114 Å². The van der Waals surface area contributed by atoms with Gasteiger partial charge in [-0.3, -0.25) is 19.5 Å². The topological polar surface area (TPSA) is 89.0 Å². The molecule has 2 aliphatic carbocycles. The van der Waals surface area contributed by atoms with Gasteiger partial charge >= 0.3 is 0 Å². The molecule has 9 heteroatoms. The van der Waals surface area contributed by atoms with Gasteiger partial charge in [-0.25, -0.2) is 4.39 Å². The van der Waals surface area contributed by atoms with Crippen molar-refractivity contribution in [2.24, 2.45) is 17.8 Å². The van der Waals surface area contributed by atoms with Crippen LogP contribution in [0.4, 0.5) is 4.39 Å². The lowest BCUT2D eigenvalue weighted by Gasteiger charge is -2.44. The Morgan fingerprint density at radius 1 is 0.912 bits per heavy atom. The summed E-state index contributed by atoms with van der Waals surface area (Å²) < 4.78 is 28.7. The lowest BCUT2D eigenvalue weighted by molar-refractivity contribution is -0.143. The molecule has 7 nitrogen and oxygen atoms in total. The molecule has 0 bridgehead atoms. The van der Waals surface area contributed by atoms with Crippen LogP contribution >= 0.6 is 0 Å². The zero-order valence-electron chi connectivity index (χ0n) is 33.2.